The number of hydrogen-bond donors (Lipinski definition) is 1. The van der Waals surface area contributed by atoms with Gasteiger partial charge in [-0.1, -0.05) is 36.4 Å². The molecular weight excluding hydrogens is 446 g/mol. The molecule has 0 radical (unpaired) electrons. The number of benzene rings is 2. The first-order valence-electron chi connectivity index (χ1n) is 11.9. The number of para-hydroxylation sites is 2. The smallest absolute Gasteiger partial charge is 0.318 e. The highest BCUT2D eigenvalue weighted by molar-refractivity contribution is 5.89. The topological polar surface area (TPSA) is 103 Å². The van der Waals surface area contributed by atoms with E-state index in [0.29, 0.717) is 35.0 Å². The SMILES string of the molecule is O=C(C[N+]12CCC(CC1)[C@@H](OC(=O)C1c3ccccc3Oc3ccccc31)C2)Nc1ncncn1. The summed E-state index contributed by atoms with van der Waals surface area (Å²) in [5, 5.41) is 2.76. The van der Waals surface area contributed by atoms with E-state index in [9.17, 15) is 9.59 Å². The van der Waals surface area contributed by atoms with Crippen molar-refractivity contribution in [3.63, 3.8) is 0 Å². The minimum absolute atomic E-state index is 0.145. The molecule has 4 aliphatic heterocycles. The molecule has 9 nitrogen and oxygen atoms in total. The number of anilines is 1. The summed E-state index contributed by atoms with van der Waals surface area (Å²) < 4.78 is 12.9. The summed E-state index contributed by atoms with van der Waals surface area (Å²) in [7, 11) is 0. The third-order valence-corrected chi connectivity index (χ3v) is 7.45. The number of amides is 1. The van der Waals surface area contributed by atoms with Gasteiger partial charge in [0.25, 0.3) is 5.91 Å². The first-order valence-corrected chi connectivity index (χ1v) is 11.9. The summed E-state index contributed by atoms with van der Waals surface area (Å²) in [6.45, 7) is 2.72. The van der Waals surface area contributed by atoms with Gasteiger partial charge in [-0.25, -0.2) is 15.0 Å². The van der Waals surface area contributed by atoms with Crippen LogP contribution in [-0.4, -0.2) is 63.6 Å². The molecule has 1 N–H and O–H groups in total. The Morgan fingerprint density at radius 3 is 2.26 bits per heavy atom. The predicted molar refractivity (Wildman–Crippen MR) is 126 cm³/mol. The minimum atomic E-state index is -0.535. The van der Waals surface area contributed by atoms with E-state index in [-0.39, 0.29) is 23.9 Å². The number of quaternary nitrogens is 1. The zero-order valence-electron chi connectivity index (χ0n) is 19.2. The summed E-state index contributed by atoms with van der Waals surface area (Å²) in [5.74, 6) is 0.979. The largest absolute Gasteiger partial charge is 0.457 e. The number of hydrogen-bond acceptors (Lipinski definition) is 7. The highest BCUT2D eigenvalue weighted by atomic mass is 16.5. The summed E-state index contributed by atoms with van der Waals surface area (Å²) in [4.78, 5) is 38.1. The van der Waals surface area contributed by atoms with Gasteiger partial charge in [0.05, 0.1) is 13.1 Å². The molecule has 5 heterocycles. The van der Waals surface area contributed by atoms with Crippen LogP contribution in [0.5, 0.6) is 11.5 Å². The number of nitrogens with zero attached hydrogens (tertiary/aromatic N) is 4. The fourth-order valence-electron chi connectivity index (χ4n) is 5.73. The van der Waals surface area contributed by atoms with Crippen molar-refractivity contribution >= 4 is 17.8 Å². The molecule has 7 rings (SSSR count). The molecule has 9 heteroatoms. The predicted octanol–water partition coefficient (Wildman–Crippen LogP) is 2.90. The Bertz CT molecular complexity index is 1210. The van der Waals surface area contributed by atoms with Crippen molar-refractivity contribution in [2.24, 2.45) is 5.92 Å². The van der Waals surface area contributed by atoms with Crippen LogP contribution in [0.1, 0.15) is 29.9 Å². The van der Waals surface area contributed by atoms with E-state index in [1.807, 2.05) is 48.5 Å². The molecule has 178 valence electrons. The quantitative estimate of drug-likeness (QED) is 0.450. The van der Waals surface area contributed by atoms with Crippen LogP contribution >= 0.6 is 0 Å². The lowest BCUT2D eigenvalue weighted by atomic mass is 9.82. The van der Waals surface area contributed by atoms with Crippen LogP contribution in [0.25, 0.3) is 0 Å². The second kappa shape index (κ2) is 8.74. The molecule has 35 heavy (non-hydrogen) atoms. The van der Waals surface area contributed by atoms with Crippen LogP contribution in [0.3, 0.4) is 0 Å². The molecule has 0 aliphatic carbocycles. The van der Waals surface area contributed by atoms with Gasteiger partial charge in [0, 0.05) is 29.9 Å². The van der Waals surface area contributed by atoms with Crippen molar-refractivity contribution in [2.75, 3.05) is 31.5 Å². The Hall–Kier alpha value is -3.85. The molecule has 1 atom stereocenters. The Morgan fingerprint density at radius 2 is 1.60 bits per heavy atom. The van der Waals surface area contributed by atoms with E-state index in [4.69, 9.17) is 9.47 Å². The third kappa shape index (κ3) is 4.12. The zero-order chi connectivity index (χ0) is 23.8. The lowest BCUT2D eigenvalue weighted by molar-refractivity contribution is -0.938. The molecule has 3 aromatic rings. The number of piperidine rings is 3. The average molecular weight is 473 g/mol. The van der Waals surface area contributed by atoms with Gasteiger partial charge in [0.15, 0.2) is 12.6 Å². The van der Waals surface area contributed by atoms with Gasteiger partial charge in [-0.3, -0.25) is 14.9 Å². The van der Waals surface area contributed by atoms with Gasteiger partial charge in [0.1, 0.15) is 36.6 Å². The monoisotopic (exact) mass is 472 g/mol. The molecule has 1 aromatic heterocycles. The van der Waals surface area contributed by atoms with E-state index in [1.165, 1.54) is 12.7 Å². The first-order chi connectivity index (χ1) is 17.1. The Labute approximate surface area is 202 Å². The Balaban J connectivity index is 1.19. The molecule has 3 fully saturated rings. The van der Waals surface area contributed by atoms with Crippen molar-refractivity contribution in [1.82, 2.24) is 15.0 Å². The van der Waals surface area contributed by atoms with Gasteiger partial charge in [-0.2, -0.15) is 0 Å². The zero-order valence-corrected chi connectivity index (χ0v) is 19.2. The normalized spacial score (nSPS) is 24.6. The number of rotatable bonds is 5. The lowest BCUT2D eigenvalue weighted by Gasteiger charge is -2.51. The van der Waals surface area contributed by atoms with Crippen LogP contribution in [-0.2, 0) is 14.3 Å². The summed E-state index contributed by atoms with van der Waals surface area (Å²) in [6.07, 6.45) is 4.33. The maximum atomic E-state index is 13.6. The van der Waals surface area contributed by atoms with Gasteiger partial charge >= 0.3 is 5.97 Å². The maximum absolute atomic E-state index is 13.6. The number of carbonyl (C=O) groups is 2. The number of fused-ring (bicyclic) bond motifs is 5. The van der Waals surface area contributed by atoms with Gasteiger partial charge < -0.3 is 14.0 Å². The molecule has 4 aliphatic rings. The van der Waals surface area contributed by atoms with Crippen molar-refractivity contribution in [2.45, 2.75) is 24.9 Å². The molecule has 0 saturated carbocycles. The molecular formula is C26H26N5O4+. The van der Waals surface area contributed by atoms with Gasteiger partial charge in [0.2, 0.25) is 5.95 Å². The Morgan fingerprint density at radius 1 is 0.971 bits per heavy atom. The number of nitrogens with one attached hydrogen (secondary N) is 1. The minimum Gasteiger partial charge on any atom is -0.457 e. The van der Waals surface area contributed by atoms with E-state index in [1.54, 1.807) is 0 Å². The fraction of sp³-hybridized carbons (Fsp3) is 0.346. The molecule has 2 aromatic carbocycles. The van der Waals surface area contributed by atoms with E-state index in [2.05, 4.69) is 20.3 Å². The molecule has 2 bridgehead atoms. The third-order valence-electron chi connectivity index (χ3n) is 7.45. The van der Waals surface area contributed by atoms with Gasteiger partial charge in [-0.05, 0) is 12.1 Å². The van der Waals surface area contributed by atoms with Crippen molar-refractivity contribution in [3.05, 3.63) is 72.3 Å². The lowest BCUT2D eigenvalue weighted by Crippen LogP contribution is -2.66. The maximum Gasteiger partial charge on any atom is 0.318 e. The second-order valence-electron chi connectivity index (χ2n) is 9.56. The van der Waals surface area contributed by atoms with E-state index in [0.717, 1.165) is 37.1 Å². The summed E-state index contributed by atoms with van der Waals surface area (Å²) in [5.41, 5.74) is 1.64. The summed E-state index contributed by atoms with van der Waals surface area (Å²) in [6, 6.07) is 15.2. The van der Waals surface area contributed by atoms with Crippen molar-refractivity contribution < 1.29 is 23.5 Å². The van der Waals surface area contributed by atoms with E-state index >= 15 is 0 Å². The van der Waals surface area contributed by atoms with Crippen LogP contribution < -0.4 is 10.1 Å². The fourth-order valence-corrected chi connectivity index (χ4v) is 5.73. The number of aromatic nitrogens is 3. The first kappa shape index (κ1) is 21.7. The standard InChI is InChI=1S/C26H25N5O4/c32-23(30-26-28-15-27-16-29-26)14-31-11-9-17(10-12-31)22(13-31)35-25(33)24-18-5-1-3-7-20(18)34-21-8-4-2-6-19(21)24/h1-8,15-17,22,24H,9-14H2/p+1/t17?,22-,31?/m0/s1. The number of carbonyl (C=O) groups excluding carboxylic acids is 2. The highest BCUT2D eigenvalue weighted by Gasteiger charge is 2.49. The molecule has 0 spiro atoms. The van der Waals surface area contributed by atoms with Crippen LogP contribution in [0.2, 0.25) is 0 Å². The number of esters is 1. The van der Waals surface area contributed by atoms with Gasteiger partial charge in [-0.15, -0.1) is 0 Å². The van der Waals surface area contributed by atoms with E-state index < -0.39 is 5.92 Å². The van der Waals surface area contributed by atoms with Crippen molar-refractivity contribution in [1.29, 1.82) is 0 Å². The van der Waals surface area contributed by atoms with Crippen molar-refractivity contribution in [3.8, 4) is 11.5 Å². The highest BCUT2D eigenvalue weighted by Crippen LogP contribution is 2.45. The van der Waals surface area contributed by atoms with Crippen LogP contribution in [0, 0.1) is 5.92 Å². The molecule has 1 amide bonds. The average Bonchev–Trinajstić information content (AvgIpc) is 2.88. The van der Waals surface area contributed by atoms with Crippen LogP contribution in [0.15, 0.2) is 61.2 Å². The second-order valence-corrected chi connectivity index (χ2v) is 9.56. The Kier molecular flexibility index (Phi) is 5.41. The molecule has 3 saturated heterocycles. The molecule has 0 unspecified atom stereocenters. The van der Waals surface area contributed by atoms with Crippen LogP contribution in [0.4, 0.5) is 5.95 Å². The number of ether oxygens (including phenoxy) is 2. The summed E-state index contributed by atoms with van der Waals surface area (Å²) >= 11 is 0.